The average Bonchev–Trinajstić information content (AvgIpc) is 2.90. The smallest absolute Gasteiger partial charge is 0.268 e. The summed E-state index contributed by atoms with van der Waals surface area (Å²) in [5.41, 5.74) is 1.30. The van der Waals surface area contributed by atoms with Crippen molar-refractivity contribution < 1.29 is 9.53 Å². The number of H-pyrrole nitrogens is 1. The number of benzene rings is 1. The lowest BCUT2D eigenvalue weighted by atomic mass is 10.2. The van der Waals surface area contributed by atoms with Gasteiger partial charge in [-0.1, -0.05) is 13.3 Å². The van der Waals surface area contributed by atoms with Crippen LogP contribution in [-0.2, 0) is 0 Å². The molecule has 0 saturated carbocycles. The van der Waals surface area contributed by atoms with Crippen LogP contribution < -0.4 is 10.1 Å². The molecule has 0 unspecified atom stereocenters. The quantitative estimate of drug-likeness (QED) is 0.856. The van der Waals surface area contributed by atoms with E-state index in [9.17, 15) is 4.79 Å². The molecule has 5 nitrogen and oxygen atoms in total. The summed E-state index contributed by atoms with van der Waals surface area (Å²) in [6.07, 6.45) is 1.50. The molecule has 0 aliphatic carbocycles. The minimum atomic E-state index is -0.451. The molecule has 2 rings (SSSR count). The van der Waals surface area contributed by atoms with Crippen molar-refractivity contribution in [2.24, 2.45) is 0 Å². The Bertz CT molecular complexity index is 670. The standard InChI is InChI=1S/C16H19N3O2/c1-3-5-12(10-17)18-16(20)15-8-11-6-7-13(21-4-2)9-14(11)19-15/h6-9,12,19H,3-5H2,1-2H3,(H,18,20)/t12-/m0/s1. The van der Waals surface area contributed by atoms with Crippen LogP contribution in [0, 0.1) is 11.3 Å². The van der Waals surface area contributed by atoms with Gasteiger partial charge in [0, 0.05) is 17.0 Å². The third-order valence-corrected chi connectivity index (χ3v) is 3.19. The number of fused-ring (bicyclic) bond motifs is 1. The number of ether oxygens (including phenoxy) is 1. The molecule has 2 aromatic rings. The first-order valence-corrected chi connectivity index (χ1v) is 7.14. The molecule has 0 bridgehead atoms. The van der Waals surface area contributed by atoms with E-state index in [-0.39, 0.29) is 5.91 Å². The minimum absolute atomic E-state index is 0.260. The number of nitriles is 1. The van der Waals surface area contributed by atoms with Crippen molar-refractivity contribution in [1.82, 2.24) is 10.3 Å². The Labute approximate surface area is 123 Å². The molecule has 1 amide bonds. The number of carbonyl (C=O) groups is 1. The monoisotopic (exact) mass is 285 g/mol. The summed E-state index contributed by atoms with van der Waals surface area (Å²) in [6, 6.07) is 9.07. The largest absolute Gasteiger partial charge is 0.494 e. The highest BCUT2D eigenvalue weighted by Gasteiger charge is 2.14. The van der Waals surface area contributed by atoms with E-state index >= 15 is 0 Å². The van der Waals surface area contributed by atoms with E-state index in [1.165, 1.54) is 0 Å². The molecule has 1 aromatic heterocycles. The number of aromatic nitrogens is 1. The zero-order valence-corrected chi connectivity index (χ0v) is 12.3. The lowest BCUT2D eigenvalue weighted by Gasteiger charge is -2.08. The average molecular weight is 285 g/mol. The van der Waals surface area contributed by atoms with Gasteiger partial charge in [0.15, 0.2) is 0 Å². The van der Waals surface area contributed by atoms with Crippen molar-refractivity contribution in [3.63, 3.8) is 0 Å². The van der Waals surface area contributed by atoms with Gasteiger partial charge >= 0.3 is 0 Å². The van der Waals surface area contributed by atoms with Gasteiger partial charge in [-0.25, -0.2) is 0 Å². The summed E-state index contributed by atoms with van der Waals surface area (Å²) >= 11 is 0. The topological polar surface area (TPSA) is 77.9 Å². The fourth-order valence-electron chi connectivity index (χ4n) is 2.18. The van der Waals surface area contributed by atoms with E-state index in [1.807, 2.05) is 32.0 Å². The van der Waals surface area contributed by atoms with Crippen LogP contribution in [0.15, 0.2) is 24.3 Å². The third-order valence-electron chi connectivity index (χ3n) is 3.19. The van der Waals surface area contributed by atoms with Crippen molar-refractivity contribution >= 4 is 16.8 Å². The number of nitrogens with zero attached hydrogens (tertiary/aromatic N) is 1. The highest BCUT2D eigenvalue weighted by Crippen LogP contribution is 2.21. The summed E-state index contributed by atoms with van der Waals surface area (Å²) in [7, 11) is 0. The van der Waals surface area contributed by atoms with E-state index in [1.54, 1.807) is 6.07 Å². The fraction of sp³-hybridized carbons (Fsp3) is 0.375. The third kappa shape index (κ3) is 3.54. The number of carbonyl (C=O) groups excluding carboxylic acids is 1. The number of hydrogen-bond donors (Lipinski definition) is 2. The first kappa shape index (κ1) is 14.9. The maximum Gasteiger partial charge on any atom is 0.268 e. The van der Waals surface area contributed by atoms with Gasteiger partial charge in [-0.15, -0.1) is 0 Å². The molecular formula is C16H19N3O2. The Morgan fingerprint density at radius 2 is 2.24 bits per heavy atom. The Morgan fingerprint density at radius 1 is 1.43 bits per heavy atom. The van der Waals surface area contributed by atoms with Crippen molar-refractivity contribution in [2.75, 3.05) is 6.61 Å². The van der Waals surface area contributed by atoms with Gasteiger partial charge in [0.1, 0.15) is 17.5 Å². The van der Waals surface area contributed by atoms with E-state index in [4.69, 9.17) is 10.00 Å². The van der Waals surface area contributed by atoms with Crippen LogP contribution in [0.1, 0.15) is 37.2 Å². The lowest BCUT2D eigenvalue weighted by molar-refractivity contribution is 0.0939. The van der Waals surface area contributed by atoms with Crippen LogP contribution >= 0.6 is 0 Å². The Balaban J connectivity index is 2.18. The zero-order chi connectivity index (χ0) is 15.2. The van der Waals surface area contributed by atoms with Gasteiger partial charge in [0.2, 0.25) is 0 Å². The second-order valence-electron chi connectivity index (χ2n) is 4.81. The highest BCUT2D eigenvalue weighted by molar-refractivity contribution is 5.98. The molecule has 1 atom stereocenters. The zero-order valence-electron chi connectivity index (χ0n) is 12.3. The molecule has 110 valence electrons. The molecule has 0 radical (unpaired) electrons. The molecule has 5 heteroatoms. The molecule has 2 N–H and O–H groups in total. The molecular weight excluding hydrogens is 266 g/mol. The van der Waals surface area contributed by atoms with Gasteiger partial charge in [-0.3, -0.25) is 4.79 Å². The molecule has 21 heavy (non-hydrogen) atoms. The fourth-order valence-corrected chi connectivity index (χ4v) is 2.18. The molecule has 0 saturated heterocycles. The number of rotatable bonds is 6. The maximum absolute atomic E-state index is 12.1. The van der Waals surface area contributed by atoms with Gasteiger partial charge in [-0.2, -0.15) is 5.26 Å². The van der Waals surface area contributed by atoms with Gasteiger partial charge < -0.3 is 15.0 Å². The van der Waals surface area contributed by atoms with Crippen LogP contribution in [0.4, 0.5) is 0 Å². The van der Waals surface area contributed by atoms with Crippen molar-refractivity contribution in [1.29, 1.82) is 5.26 Å². The first-order valence-electron chi connectivity index (χ1n) is 7.14. The van der Waals surface area contributed by atoms with E-state index in [2.05, 4.69) is 16.4 Å². The van der Waals surface area contributed by atoms with E-state index in [0.29, 0.717) is 18.7 Å². The van der Waals surface area contributed by atoms with Gasteiger partial charge in [0.05, 0.1) is 12.7 Å². The van der Waals surface area contributed by atoms with Crippen LogP contribution in [0.25, 0.3) is 10.9 Å². The summed E-state index contributed by atoms with van der Waals surface area (Å²) < 4.78 is 5.43. The van der Waals surface area contributed by atoms with E-state index < -0.39 is 6.04 Å². The summed E-state index contributed by atoms with van der Waals surface area (Å²) in [6.45, 7) is 4.50. The Hall–Kier alpha value is -2.48. The number of hydrogen-bond acceptors (Lipinski definition) is 3. The number of nitrogens with one attached hydrogen (secondary N) is 2. The normalized spacial score (nSPS) is 11.9. The number of amides is 1. The molecule has 1 heterocycles. The predicted octanol–water partition coefficient (Wildman–Crippen LogP) is 2.99. The molecule has 0 fully saturated rings. The van der Waals surface area contributed by atoms with Gasteiger partial charge in [-0.05, 0) is 31.5 Å². The molecule has 1 aromatic carbocycles. The van der Waals surface area contributed by atoms with E-state index in [0.717, 1.165) is 23.1 Å². The highest BCUT2D eigenvalue weighted by atomic mass is 16.5. The molecule has 0 spiro atoms. The summed E-state index contributed by atoms with van der Waals surface area (Å²) in [4.78, 5) is 15.2. The van der Waals surface area contributed by atoms with Crippen LogP contribution in [-0.4, -0.2) is 23.5 Å². The first-order chi connectivity index (χ1) is 10.2. The molecule has 0 aliphatic heterocycles. The second kappa shape index (κ2) is 6.80. The lowest BCUT2D eigenvalue weighted by Crippen LogP contribution is -2.33. The Kier molecular flexibility index (Phi) is 4.83. The van der Waals surface area contributed by atoms with Gasteiger partial charge in [0.25, 0.3) is 5.91 Å². The molecule has 0 aliphatic rings. The summed E-state index contributed by atoms with van der Waals surface area (Å²) in [5.74, 6) is 0.504. The van der Waals surface area contributed by atoms with Crippen LogP contribution in [0.5, 0.6) is 5.75 Å². The SMILES string of the molecule is CCC[C@@H](C#N)NC(=O)c1cc2ccc(OCC)cc2[nH]1. The van der Waals surface area contributed by atoms with Crippen LogP contribution in [0.2, 0.25) is 0 Å². The van der Waals surface area contributed by atoms with Crippen molar-refractivity contribution in [3.8, 4) is 11.8 Å². The van der Waals surface area contributed by atoms with Crippen molar-refractivity contribution in [3.05, 3.63) is 30.0 Å². The maximum atomic E-state index is 12.1. The van der Waals surface area contributed by atoms with Crippen LogP contribution in [0.3, 0.4) is 0 Å². The Morgan fingerprint density at radius 3 is 2.90 bits per heavy atom. The van der Waals surface area contributed by atoms with Crippen molar-refractivity contribution in [2.45, 2.75) is 32.7 Å². The number of aromatic amines is 1. The summed E-state index contributed by atoms with van der Waals surface area (Å²) in [5, 5.41) is 12.7. The predicted molar refractivity (Wildman–Crippen MR) is 81.2 cm³/mol. The second-order valence-corrected chi connectivity index (χ2v) is 4.81. The minimum Gasteiger partial charge on any atom is -0.494 e.